The Hall–Kier alpha value is -1.97. The second-order valence-electron chi connectivity index (χ2n) is 5.57. The largest absolute Gasteiger partial charge is 0.347 e. The van der Waals surface area contributed by atoms with Crippen LogP contribution in [0, 0.1) is 11.2 Å². The van der Waals surface area contributed by atoms with Crippen molar-refractivity contribution in [2.45, 2.75) is 26.8 Å². The first kappa shape index (κ1) is 13.5. The molecule has 1 N–H and O–H groups in total. The van der Waals surface area contributed by atoms with Crippen molar-refractivity contribution in [1.29, 1.82) is 0 Å². The van der Waals surface area contributed by atoms with Crippen LogP contribution in [-0.2, 0) is 0 Å². The Morgan fingerprint density at radius 3 is 2.16 bits per heavy atom. The SMILES string of the molecule is CC(C)(C)C(Nc1ncccn1)c1ccc(F)cc1. The lowest BCUT2D eigenvalue weighted by molar-refractivity contribution is 0.346. The number of nitrogens with one attached hydrogen (secondary N) is 1. The molecule has 0 aliphatic carbocycles. The van der Waals surface area contributed by atoms with E-state index in [4.69, 9.17) is 0 Å². The van der Waals surface area contributed by atoms with Gasteiger partial charge in [0.15, 0.2) is 0 Å². The molecule has 2 aromatic rings. The quantitative estimate of drug-likeness (QED) is 0.910. The molecule has 0 radical (unpaired) electrons. The van der Waals surface area contributed by atoms with Crippen molar-refractivity contribution in [2.24, 2.45) is 5.41 Å². The molecule has 0 aliphatic heterocycles. The highest BCUT2D eigenvalue weighted by Gasteiger charge is 2.26. The highest BCUT2D eigenvalue weighted by atomic mass is 19.1. The molecule has 1 heterocycles. The van der Waals surface area contributed by atoms with Crippen LogP contribution in [0.15, 0.2) is 42.7 Å². The predicted octanol–water partition coefficient (Wildman–Crippen LogP) is 3.82. The Morgan fingerprint density at radius 1 is 1.05 bits per heavy atom. The average Bonchev–Trinajstić information content (AvgIpc) is 2.37. The van der Waals surface area contributed by atoms with Crippen LogP contribution in [0.1, 0.15) is 32.4 Å². The topological polar surface area (TPSA) is 37.8 Å². The van der Waals surface area contributed by atoms with Crippen LogP contribution in [0.25, 0.3) is 0 Å². The normalized spacial score (nSPS) is 13.1. The van der Waals surface area contributed by atoms with E-state index in [9.17, 15) is 4.39 Å². The van der Waals surface area contributed by atoms with Gasteiger partial charge in [-0.3, -0.25) is 0 Å². The van der Waals surface area contributed by atoms with Gasteiger partial charge in [-0.2, -0.15) is 0 Å². The van der Waals surface area contributed by atoms with Crippen molar-refractivity contribution in [1.82, 2.24) is 9.97 Å². The van der Waals surface area contributed by atoms with Crippen molar-refractivity contribution in [3.05, 3.63) is 54.1 Å². The number of nitrogens with zero attached hydrogens (tertiary/aromatic N) is 2. The molecule has 0 amide bonds. The second-order valence-corrected chi connectivity index (χ2v) is 5.57. The first-order valence-corrected chi connectivity index (χ1v) is 6.26. The van der Waals surface area contributed by atoms with Gasteiger partial charge in [0.1, 0.15) is 5.82 Å². The van der Waals surface area contributed by atoms with E-state index in [0.717, 1.165) is 5.56 Å². The molecule has 19 heavy (non-hydrogen) atoms. The van der Waals surface area contributed by atoms with Gasteiger partial charge in [-0.1, -0.05) is 32.9 Å². The van der Waals surface area contributed by atoms with Crippen molar-refractivity contribution in [2.75, 3.05) is 5.32 Å². The zero-order valence-electron chi connectivity index (χ0n) is 11.4. The average molecular weight is 259 g/mol. The molecule has 0 fully saturated rings. The standard InChI is InChI=1S/C15H18FN3/c1-15(2,3)13(11-5-7-12(16)8-6-11)19-14-17-9-4-10-18-14/h4-10,13H,1-3H3,(H,17,18,19). The number of benzene rings is 1. The maximum absolute atomic E-state index is 13.0. The fourth-order valence-corrected chi connectivity index (χ4v) is 1.96. The maximum Gasteiger partial charge on any atom is 0.223 e. The molecule has 0 saturated carbocycles. The van der Waals surface area contributed by atoms with Gasteiger partial charge in [0.2, 0.25) is 5.95 Å². The van der Waals surface area contributed by atoms with E-state index in [-0.39, 0.29) is 17.3 Å². The Morgan fingerprint density at radius 2 is 1.63 bits per heavy atom. The zero-order valence-corrected chi connectivity index (χ0v) is 11.4. The predicted molar refractivity (Wildman–Crippen MR) is 74.3 cm³/mol. The van der Waals surface area contributed by atoms with Gasteiger partial charge in [0.25, 0.3) is 0 Å². The van der Waals surface area contributed by atoms with E-state index in [0.29, 0.717) is 5.95 Å². The summed E-state index contributed by atoms with van der Waals surface area (Å²) in [5, 5.41) is 3.31. The molecule has 1 aromatic carbocycles. The van der Waals surface area contributed by atoms with Crippen molar-refractivity contribution < 1.29 is 4.39 Å². The Bertz CT molecular complexity index is 517. The van der Waals surface area contributed by atoms with E-state index in [1.165, 1.54) is 12.1 Å². The summed E-state index contributed by atoms with van der Waals surface area (Å²) in [4.78, 5) is 8.36. The van der Waals surface area contributed by atoms with E-state index < -0.39 is 0 Å². The van der Waals surface area contributed by atoms with E-state index in [1.807, 2.05) is 0 Å². The molecule has 1 unspecified atom stereocenters. The van der Waals surface area contributed by atoms with Crippen LogP contribution in [0.3, 0.4) is 0 Å². The maximum atomic E-state index is 13.0. The minimum absolute atomic E-state index is 0.00972. The fourth-order valence-electron chi connectivity index (χ4n) is 1.96. The van der Waals surface area contributed by atoms with Gasteiger partial charge in [-0.15, -0.1) is 0 Å². The molecular weight excluding hydrogens is 241 g/mol. The number of rotatable bonds is 3. The Balaban J connectivity index is 2.29. The number of aromatic nitrogens is 2. The molecular formula is C15H18FN3. The smallest absolute Gasteiger partial charge is 0.223 e. The summed E-state index contributed by atoms with van der Waals surface area (Å²) in [7, 11) is 0. The minimum Gasteiger partial charge on any atom is -0.347 e. The van der Waals surface area contributed by atoms with E-state index in [2.05, 4.69) is 36.1 Å². The van der Waals surface area contributed by atoms with Gasteiger partial charge in [-0.25, -0.2) is 14.4 Å². The summed E-state index contributed by atoms with van der Waals surface area (Å²) in [5.41, 5.74) is 0.971. The van der Waals surface area contributed by atoms with Crippen LogP contribution < -0.4 is 5.32 Å². The lowest BCUT2D eigenvalue weighted by atomic mass is 9.82. The third-order valence-electron chi connectivity index (χ3n) is 2.91. The minimum atomic E-state index is -0.229. The summed E-state index contributed by atoms with van der Waals surface area (Å²) in [6.07, 6.45) is 3.39. The number of hydrogen-bond donors (Lipinski definition) is 1. The first-order valence-electron chi connectivity index (χ1n) is 6.26. The lowest BCUT2D eigenvalue weighted by Gasteiger charge is -2.32. The molecule has 1 atom stereocenters. The summed E-state index contributed by atoms with van der Waals surface area (Å²) < 4.78 is 13.0. The molecule has 1 aromatic heterocycles. The number of halogens is 1. The Labute approximate surface area is 112 Å². The fraction of sp³-hybridized carbons (Fsp3) is 0.333. The molecule has 0 saturated heterocycles. The van der Waals surface area contributed by atoms with Crippen LogP contribution in [0.4, 0.5) is 10.3 Å². The van der Waals surface area contributed by atoms with Crippen LogP contribution in [0.5, 0.6) is 0 Å². The second kappa shape index (κ2) is 5.34. The van der Waals surface area contributed by atoms with Crippen LogP contribution in [-0.4, -0.2) is 9.97 Å². The third-order valence-corrected chi connectivity index (χ3v) is 2.91. The summed E-state index contributed by atoms with van der Waals surface area (Å²) >= 11 is 0. The van der Waals surface area contributed by atoms with Gasteiger partial charge in [-0.05, 0) is 29.2 Å². The lowest BCUT2D eigenvalue weighted by Crippen LogP contribution is -2.26. The zero-order chi connectivity index (χ0) is 13.9. The van der Waals surface area contributed by atoms with Gasteiger partial charge in [0.05, 0.1) is 6.04 Å². The summed E-state index contributed by atoms with van der Waals surface area (Å²) in [6.45, 7) is 6.37. The van der Waals surface area contributed by atoms with Crippen molar-refractivity contribution in [3.63, 3.8) is 0 Å². The highest BCUT2D eigenvalue weighted by Crippen LogP contribution is 2.34. The Kier molecular flexibility index (Phi) is 3.79. The van der Waals surface area contributed by atoms with Gasteiger partial charge in [0, 0.05) is 12.4 Å². The summed E-state index contributed by atoms with van der Waals surface area (Å²) in [5.74, 6) is 0.346. The van der Waals surface area contributed by atoms with Gasteiger partial charge >= 0.3 is 0 Å². The first-order chi connectivity index (χ1) is 8.97. The molecule has 0 aliphatic rings. The van der Waals surface area contributed by atoms with Crippen molar-refractivity contribution >= 4 is 5.95 Å². The van der Waals surface area contributed by atoms with E-state index >= 15 is 0 Å². The number of anilines is 1. The third kappa shape index (κ3) is 3.50. The van der Waals surface area contributed by atoms with E-state index in [1.54, 1.807) is 30.6 Å². The molecule has 4 heteroatoms. The van der Waals surface area contributed by atoms with Crippen molar-refractivity contribution in [3.8, 4) is 0 Å². The monoisotopic (exact) mass is 259 g/mol. The molecule has 100 valence electrons. The van der Waals surface area contributed by atoms with Crippen LogP contribution >= 0.6 is 0 Å². The summed E-state index contributed by atoms with van der Waals surface area (Å²) in [6, 6.07) is 8.32. The number of hydrogen-bond acceptors (Lipinski definition) is 3. The van der Waals surface area contributed by atoms with Crippen LogP contribution in [0.2, 0.25) is 0 Å². The molecule has 0 spiro atoms. The molecule has 0 bridgehead atoms. The molecule has 2 rings (SSSR count). The van der Waals surface area contributed by atoms with Gasteiger partial charge < -0.3 is 5.32 Å². The molecule has 3 nitrogen and oxygen atoms in total. The highest BCUT2D eigenvalue weighted by molar-refractivity contribution is 5.33.